The summed E-state index contributed by atoms with van der Waals surface area (Å²) >= 11 is 0. The predicted molar refractivity (Wildman–Crippen MR) is 54.0 cm³/mol. The number of rotatable bonds is 4. The summed E-state index contributed by atoms with van der Waals surface area (Å²) in [5.74, 6) is 0.0559. The Kier molecular flexibility index (Phi) is 4.94. The summed E-state index contributed by atoms with van der Waals surface area (Å²) in [6, 6.07) is 0. The standard InChI is InChI=1S/C11H20O3/c1-3-8-14-10-6-4-9(5-7-10)11(12)13-2/h9-10H,3-8H2,1-2H3. The molecule has 0 aromatic heterocycles. The van der Waals surface area contributed by atoms with Crippen LogP contribution in [0.5, 0.6) is 0 Å². The summed E-state index contributed by atoms with van der Waals surface area (Å²) in [5, 5.41) is 0. The zero-order valence-corrected chi connectivity index (χ0v) is 9.12. The number of ether oxygens (including phenoxy) is 2. The van der Waals surface area contributed by atoms with Crippen LogP contribution in [0.25, 0.3) is 0 Å². The van der Waals surface area contributed by atoms with E-state index >= 15 is 0 Å². The van der Waals surface area contributed by atoms with Crippen LogP contribution >= 0.6 is 0 Å². The van der Waals surface area contributed by atoms with Crippen LogP contribution in [0, 0.1) is 5.92 Å². The number of hydrogen-bond donors (Lipinski definition) is 0. The van der Waals surface area contributed by atoms with Gasteiger partial charge in [-0.2, -0.15) is 0 Å². The van der Waals surface area contributed by atoms with Crippen LogP contribution in [0.1, 0.15) is 39.0 Å². The van der Waals surface area contributed by atoms with Gasteiger partial charge in [-0.1, -0.05) is 6.92 Å². The lowest BCUT2D eigenvalue weighted by Gasteiger charge is -2.26. The molecule has 0 aromatic carbocycles. The number of methoxy groups -OCH3 is 1. The Morgan fingerprint density at radius 1 is 1.29 bits per heavy atom. The topological polar surface area (TPSA) is 35.5 Å². The molecule has 0 radical (unpaired) electrons. The third kappa shape index (κ3) is 3.29. The average molecular weight is 200 g/mol. The van der Waals surface area contributed by atoms with Crippen molar-refractivity contribution in [2.75, 3.05) is 13.7 Å². The molecule has 0 aliphatic heterocycles. The molecule has 0 heterocycles. The molecule has 0 unspecified atom stereocenters. The summed E-state index contributed by atoms with van der Waals surface area (Å²) in [6.45, 7) is 2.95. The first-order valence-corrected chi connectivity index (χ1v) is 5.47. The second-order valence-electron chi connectivity index (χ2n) is 3.87. The van der Waals surface area contributed by atoms with E-state index in [2.05, 4.69) is 6.92 Å². The zero-order valence-electron chi connectivity index (χ0n) is 9.12. The molecule has 0 aromatic rings. The molecule has 0 spiro atoms. The molecule has 1 rings (SSSR count). The maximum atomic E-state index is 11.2. The third-order valence-electron chi connectivity index (χ3n) is 2.77. The Morgan fingerprint density at radius 3 is 2.43 bits per heavy atom. The van der Waals surface area contributed by atoms with E-state index in [1.54, 1.807) is 0 Å². The first kappa shape index (κ1) is 11.5. The van der Waals surface area contributed by atoms with Gasteiger partial charge in [0.15, 0.2) is 0 Å². The average Bonchev–Trinajstić information content (AvgIpc) is 2.26. The van der Waals surface area contributed by atoms with Crippen molar-refractivity contribution in [2.45, 2.75) is 45.1 Å². The molecule has 1 aliphatic carbocycles. The predicted octanol–water partition coefficient (Wildman–Crippen LogP) is 2.14. The van der Waals surface area contributed by atoms with E-state index in [1.165, 1.54) is 7.11 Å². The summed E-state index contributed by atoms with van der Waals surface area (Å²) in [5.41, 5.74) is 0. The maximum Gasteiger partial charge on any atom is 0.308 e. The molecule has 3 heteroatoms. The van der Waals surface area contributed by atoms with Gasteiger partial charge >= 0.3 is 5.97 Å². The lowest BCUT2D eigenvalue weighted by Crippen LogP contribution is -2.27. The lowest BCUT2D eigenvalue weighted by molar-refractivity contribution is -0.147. The van der Waals surface area contributed by atoms with Crippen molar-refractivity contribution in [1.29, 1.82) is 0 Å². The van der Waals surface area contributed by atoms with Gasteiger partial charge in [0.2, 0.25) is 0 Å². The fourth-order valence-electron chi connectivity index (χ4n) is 1.92. The van der Waals surface area contributed by atoms with Gasteiger partial charge in [0.05, 0.1) is 19.1 Å². The maximum absolute atomic E-state index is 11.2. The van der Waals surface area contributed by atoms with Crippen molar-refractivity contribution in [3.63, 3.8) is 0 Å². The van der Waals surface area contributed by atoms with Crippen molar-refractivity contribution in [2.24, 2.45) is 5.92 Å². The van der Waals surface area contributed by atoms with Gasteiger partial charge in [-0.25, -0.2) is 0 Å². The van der Waals surface area contributed by atoms with Gasteiger partial charge in [0.1, 0.15) is 0 Å². The fraction of sp³-hybridized carbons (Fsp3) is 0.909. The van der Waals surface area contributed by atoms with Crippen molar-refractivity contribution < 1.29 is 14.3 Å². The first-order chi connectivity index (χ1) is 6.77. The molecule has 0 amide bonds. The minimum atomic E-state index is -0.0565. The lowest BCUT2D eigenvalue weighted by atomic mass is 9.87. The highest BCUT2D eigenvalue weighted by Crippen LogP contribution is 2.26. The molecule has 0 saturated heterocycles. The van der Waals surface area contributed by atoms with Gasteiger partial charge in [-0.3, -0.25) is 4.79 Å². The molecule has 1 aliphatic rings. The molecule has 0 atom stereocenters. The third-order valence-corrected chi connectivity index (χ3v) is 2.77. The Balaban J connectivity index is 2.20. The highest BCUT2D eigenvalue weighted by atomic mass is 16.5. The highest BCUT2D eigenvalue weighted by Gasteiger charge is 2.26. The van der Waals surface area contributed by atoms with Gasteiger partial charge in [-0.05, 0) is 32.1 Å². The largest absolute Gasteiger partial charge is 0.469 e. The van der Waals surface area contributed by atoms with Crippen LogP contribution < -0.4 is 0 Å². The fourth-order valence-corrected chi connectivity index (χ4v) is 1.92. The van der Waals surface area contributed by atoms with Gasteiger partial charge in [-0.15, -0.1) is 0 Å². The highest BCUT2D eigenvalue weighted by molar-refractivity contribution is 5.72. The number of esters is 1. The normalized spacial score (nSPS) is 27.3. The molecular formula is C11H20O3. The van der Waals surface area contributed by atoms with Crippen molar-refractivity contribution in [1.82, 2.24) is 0 Å². The van der Waals surface area contributed by atoms with E-state index in [9.17, 15) is 4.79 Å². The molecular weight excluding hydrogens is 180 g/mol. The van der Waals surface area contributed by atoms with E-state index in [-0.39, 0.29) is 11.9 Å². The molecule has 1 saturated carbocycles. The van der Waals surface area contributed by atoms with Crippen molar-refractivity contribution in [3.8, 4) is 0 Å². The van der Waals surface area contributed by atoms with Crippen LogP contribution in [-0.4, -0.2) is 25.8 Å². The van der Waals surface area contributed by atoms with Gasteiger partial charge in [0, 0.05) is 6.61 Å². The van der Waals surface area contributed by atoms with E-state index in [1.807, 2.05) is 0 Å². The van der Waals surface area contributed by atoms with Crippen LogP contribution in [0.3, 0.4) is 0 Å². The summed E-state index contributed by atoms with van der Waals surface area (Å²) < 4.78 is 10.4. The minimum absolute atomic E-state index is 0.0565. The SMILES string of the molecule is CCCOC1CCC(C(=O)OC)CC1. The van der Waals surface area contributed by atoms with E-state index in [4.69, 9.17) is 9.47 Å². The molecule has 0 bridgehead atoms. The second kappa shape index (κ2) is 6.02. The van der Waals surface area contributed by atoms with E-state index in [0.29, 0.717) is 6.10 Å². The van der Waals surface area contributed by atoms with E-state index < -0.39 is 0 Å². The van der Waals surface area contributed by atoms with Gasteiger partial charge < -0.3 is 9.47 Å². The zero-order chi connectivity index (χ0) is 10.4. The molecule has 1 fully saturated rings. The summed E-state index contributed by atoms with van der Waals surface area (Å²) in [4.78, 5) is 11.2. The monoisotopic (exact) mass is 200 g/mol. The molecule has 14 heavy (non-hydrogen) atoms. The molecule has 3 nitrogen and oxygen atoms in total. The smallest absolute Gasteiger partial charge is 0.308 e. The number of hydrogen-bond acceptors (Lipinski definition) is 3. The Labute approximate surface area is 85.8 Å². The Morgan fingerprint density at radius 2 is 1.93 bits per heavy atom. The van der Waals surface area contributed by atoms with Gasteiger partial charge in [0.25, 0.3) is 0 Å². The Hall–Kier alpha value is -0.570. The van der Waals surface area contributed by atoms with Crippen LogP contribution in [0.4, 0.5) is 0 Å². The quantitative estimate of drug-likeness (QED) is 0.652. The summed E-state index contributed by atoms with van der Waals surface area (Å²) in [7, 11) is 1.46. The molecule has 82 valence electrons. The van der Waals surface area contributed by atoms with Crippen LogP contribution in [0.15, 0.2) is 0 Å². The van der Waals surface area contributed by atoms with Crippen LogP contribution in [-0.2, 0) is 14.3 Å². The Bertz CT molecular complexity index is 171. The van der Waals surface area contributed by atoms with E-state index in [0.717, 1.165) is 38.7 Å². The summed E-state index contributed by atoms with van der Waals surface area (Å²) in [6.07, 6.45) is 5.27. The first-order valence-electron chi connectivity index (χ1n) is 5.47. The van der Waals surface area contributed by atoms with Crippen molar-refractivity contribution in [3.05, 3.63) is 0 Å². The van der Waals surface area contributed by atoms with Crippen molar-refractivity contribution >= 4 is 5.97 Å². The second-order valence-corrected chi connectivity index (χ2v) is 3.87. The molecule has 0 N–H and O–H groups in total. The number of carbonyl (C=O) groups excluding carboxylic acids is 1. The minimum Gasteiger partial charge on any atom is -0.469 e. The number of carbonyl (C=O) groups is 1. The van der Waals surface area contributed by atoms with Crippen LogP contribution in [0.2, 0.25) is 0 Å².